The highest BCUT2D eigenvalue weighted by molar-refractivity contribution is 9.10. The van der Waals surface area contributed by atoms with Crippen molar-refractivity contribution in [2.75, 3.05) is 11.1 Å². The van der Waals surface area contributed by atoms with Crippen molar-refractivity contribution in [1.82, 2.24) is 0 Å². The van der Waals surface area contributed by atoms with Gasteiger partial charge in [-0.25, -0.2) is 4.39 Å². The molecule has 1 heterocycles. The van der Waals surface area contributed by atoms with E-state index in [1.54, 1.807) is 12.1 Å². The monoisotopic (exact) mass is 286 g/mol. The third kappa shape index (κ3) is 2.30. The molecule has 0 radical (unpaired) electrons. The number of rotatable bonds is 2. The van der Waals surface area contributed by atoms with Crippen LogP contribution in [0, 0.1) is 5.82 Å². The van der Waals surface area contributed by atoms with Gasteiger partial charge in [0.15, 0.2) is 0 Å². The van der Waals surface area contributed by atoms with Crippen molar-refractivity contribution >= 4 is 43.6 Å². The van der Waals surface area contributed by atoms with Crippen LogP contribution in [-0.4, -0.2) is 0 Å². The third-order valence-corrected chi connectivity index (χ3v) is 3.47. The van der Waals surface area contributed by atoms with E-state index in [2.05, 4.69) is 21.2 Å². The standard InChI is InChI=1S/C10H8BrFN2S/c11-6-4-9(15-5-6)14-10-7(12)2-1-3-8(10)13/h1-5,14H,13H2. The number of halogens is 2. The summed E-state index contributed by atoms with van der Waals surface area (Å²) in [4.78, 5) is 0. The molecule has 0 atom stereocenters. The number of nitrogen functional groups attached to an aromatic ring is 1. The molecule has 0 saturated heterocycles. The summed E-state index contributed by atoms with van der Waals surface area (Å²) in [5.74, 6) is -0.348. The van der Waals surface area contributed by atoms with Crippen LogP contribution in [0.15, 0.2) is 34.1 Å². The van der Waals surface area contributed by atoms with Crippen molar-refractivity contribution in [2.45, 2.75) is 0 Å². The van der Waals surface area contributed by atoms with Crippen LogP contribution in [0.3, 0.4) is 0 Å². The Labute approximate surface area is 99.1 Å². The molecule has 78 valence electrons. The lowest BCUT2D eigenvalue weighted by Crippen LogP contribution is -1.97. The van der Waals surface area contributed by atoms with Gasteiger partial charge in [-0.2, -0.15) is 0 Å². The summed E-state index contributed by atoms with van der Waals surface area (Å²) in [5.41, 5.74) is 6.39. The van der Waals surface area contributed by atoms with Crippen LogP contribution < -0.4 is 11.1 Å². The van der Waals surface area contributed by atoms with Crippen molar-refractivity contribution in [2.24, 2.45) is 0 Å². The van der Waals surface area contributed by atoms with Crippen LogP contribution in [0.1, 0.15) is 0 Å². The van der Waals surface area contributed by atoms with Gasteiger partial charge in [0.05, 0.1) is 16.4 Å². The maximum Gasteiger partial charge on any atom is 0.148 e. The maximum atomic E-state index is 13.4. The van der Waals surface area contributed by atoms with E-state index < -0.39 is 0 Å². The molecule has 0 aliphatic heterocycles. The second kappa shape index (κ2) is 4.20. The average molecular weight is 287 g/mol. The molecule has 3 N–H and O–H groups in total. The molecule has 0 aliphatic carbocycles. The molecule has 0 spiro atoms. The first-order chi connectivity index (χ1) is 7.16. The van der Waals surface area contributed by atoms with Crippen LogP contribution in [0.4, 0.5) is 20.8 Å². The Bertz CT molecular complexity index is 464. The molecule has 0 fully saturated rings. The lowest BCUT2D eigenvalue weighted by Gasteiger charge is -2.07. The van der Waals surface area contributed by atoms with E-state index in [0.29, 0.717) is 11.4 Å². The van der Waals surface area contributed by atoms with Crippen molar-refractivity contribution < 1.29 is 4.39 Å². The summed E-state index contributed by atoms with van der Waals surface area (Å²) in [6, 6.07) is 6.49. The Balaban J connectivity index is 2.31. The van der Waals surface area contributed by atoms with Gasteiger partial charge in [0.2, 0.25) is 0 Å². The zero-order valence-electron chi connectivity index (χ0n) is 7.63. The van der Waals surface area contributed by atoms with Gasteiger partial charge in [0, 0.05) is 9.85 Å². The largest absolute Gasteiger partial charge is 0.397 e. The highest BCUT2D eigenvalue weighted by Crippen LogP contribution is 2.31. The van der Waals surface area contributed by atoms with Crippen molar-refractivity contribution in [3.63, 3.8) is 0 Å². The number of hydrogen-bond donors (Lipinski definition) is 2. The fraction of sp³-hybridized carbons (Fsp3) is 0. The van der Waals surface area contributed by atoms with Crippen LogP contribution in [0.2, 0.25) is 0 Å². The molecular weight excluding hydrogens is 279 g/mol. The van der Waals surface area contributed by atoms with Crippen LogP contribution in [-0.2, 0) is 0 Å². The van der Waals surface area contributed by atoms with Gasteiger partial charge in [-0.1, -0.05) is 6.07 Å². The van der Waals surface area contributed by atoms with E-state index in [-0.39, 0.29) is 5.82 Å². The Hall–Kier alpha value is -1.07. The molecule has 2 aromatic rings. The molecule has 5 heteroatoms. The molecule has 15 heavy (non-hydrogen) atoms. The molecule has 0 unspecified atom stereocenters. The predicted molar refractivity (Wildman–Crippen MR) is 66.1 cm³/mol. The fourth-order valence-corrected chi connectivity index (χ4v) is 2.50. The summed E-state index contributed by atoms with van der Waals surface area (Å²) in [6.07, 6.45) is 0. The van der Waals surface area contributed by atoms with Crippen molar-refractivity contribution in [1.29, 1.82) is 0 Å². The minimum absolute atomic E-state index is 0.326. The van der Waals surface area contributed by atoms with Gasteiger partial charge in [0.25, 0.3) is 0 Å². The highest BCUT2D eigenvalue weighted by Gasteiger charge is 2.06. The number of nitrogens with two attached hydrogens (primary N) is 1. The van der Waals surface area contributed by atoms with Crippen LogP contribution >= 0.6 is 27.3 Å². The first kappa shape index (κ1) is 10.4. The fourth-order valence-electron chi connectivity index (χ4n) is 1.17. The lowest BCUT2D eigenvalue weighted by atomic mass is 10.2. The number of anilines is 3. The molecule has 2 rings (SSSR count). The third-order valence-electron chi connectivity index (χ3n) is 1.86. The second-order valence-electron chi connectivity index (χ2n) is 2.96. The smallest absolute Gasteiger partial charge is 0.148 e. The summed E-state index contributed by atoms with van der Waals surface area (Å²) in [7, 11) is 0. The molecule has 2 nitrogen and oxygen atoms in total. The summed E-state index contributed by atoms with van der Waals surface area (Å²) in [5, 5.41) is 5.71. The van der Waals surface area contributed by atoms with Crippen molar-refractivity contribution in [3.05, 3.63) is 39.9 Å². The van der Waals surface area contributed by atoms with E-state index in [0.717, 1.165) is 9.47 Å². The molecule has 0 bridgehead atoms. The summed E-state index contributed by atoms with van der Waals surface area (Å²) in [6.45, 7) is 0. The number of para-hydroxylation sites is 1. The molecule has 1 aromatic heterocycles. The van der Waals surface area contributed by atoms with Crippen LogP contribution in [0.25, 0.3) is 0 Å². The van der Waals surface area contributed by atoms with E-state index >= 15 is 0 Å². The zero-order chi connectivity index (χ0) is 10.8. The molecule has 0 aliphatic rings. The van der Waals surface area contributed by atoms with Crippen LogP contribution in [0.5, 0.6) is 0 Å². The van der Waals surface area contributed by atoms with E-state index in [9.17, 15) is 4.39 Å². The normalized spacial score (nSPS) is 10.3. The van der Waals surface area contributed by atoms with E-state index in [1.807, 2.05) is 11.4 Å². The number of hydrogen-bond acceptors (Lipinski definition) is 3. The van der Waals surface area contributed by atoms with Gasteiger partial charge in [0.1, 0.15) is 5.82 Å². The van der Waals surface area contributed by atoms with Gasteiger partial charge in [-0.3, -0.25) is 0 Å². The Morgan fingerprint density at radius 2 is 2.20 bits per heavy atom. The minimum atomic E-state index is -0.348. The van der Waals surface area contributed by atoms with Gasteiger partial charge < -0.3 is 11.1 Å². The minimum Gasteiger partial charge on any atom is -0.397 e. The summed E-state index contributed by atoms with van der Waals surface area (Å²) >= 11 is 4.81. The SMILES string of the molecule is Nc1cccc(F)c1Nc1cc(Br)cs1. The Kier molecular flexibility index (Phi) is 2.93. The molecule has 0 amide bonds. The predicted octanol–water partition coefficient (Wildman–Crippen LogP) is 3.98. The first-order valence-corrected chi connectivity index (χ1v) is 5.89. The maximum absolute atomic E-state index is 13.4. The quantitative estimate of drug-likeness (QED) is 0.820. The zero-order valence-corrected chi connectivity index (χ0v) is 10.0. The topological polar surface area (TPSA) is 38.0 Å². The van der Waals surface area contributed by atoms with Crippen molar-refractivity contribution in [3.8, 4) is 0 Å². The number of thiophene rings is 1. The Morgan fingerprint density at radius 1 is 1.40 bits per heavy atom. The first-order valence-electron chi connectivity index (χ1n) is 4.22. The highest BCUT2D eigenvalue weighted by atomic mass is 79.9. The molecular formula is C10H8BrFN2S. The van der Waals surface area contributed by atoms with Gasteiger partial charge in [-0.15, -0.1) is 11.3 Å². The molecule has 1 aromatic carbocycles. The number of nitrogens with one attached hydrogen (secondary N) is 1. The average Bonchev–Trinajstić information content (AvgIpc) is 2.58. The van der Waals surface area contributed by atoms with Gasteiger partial charge in [-0.05, 0) is 34.1 Å². The lowest BCUT2D eigenvalue weighted by molar-refractivity contribution is 0.632. The van der Waals surface area contributed by atoms with Gasteiger partial charge >= 0.3 is 0 Å². The Morgan fingerprint density at radius 3 is 2.80 bits per heavy atom. The second-order valence-corrected chi connectivity index (χ2v) is 4.79. The van der Waals surface area contributed by atoms with E-state index in [4.69, 9.17) is 5.73 Å². The van der Waals surface area contributed by atoms with E-state index in [1.165, 1.54) is 17.4 Å². The summed E-state index contributed by atoms with van der Waals surface area (Å²) < 4.78 is 14.4. The number of benzene rings is 1. The molecule has 0 saturated carbocycles.